The fraction of sp³-hybridized carbons (Fsp3) is 0.222. The Morgan fingerprint density at radius 2 is 1.88 bits per heavy atom. The Morgan fingerprint density at radius 3 is 2.67 bits per heavy atom. The molecular formula is C27H27NO5. The van der Waals surface area contributed by atoms with Gasteiger partial charge in [-0.25, -0.2) is 0 Å². The number of esters is 1. The normalized spacial score (nSPS) is 10.9. The van der Waals surface area contributed by atoms with Crippen molar-refractivity contribution < 1.29 is 23.4 Å². The maximum absolute atomic E-state index is 12.0. The van der Waals surface area contributed by atoms with Crippen molar-refractivity contribution in [2.45, 2.75) is 26.5 Å². The van der Waals surface area contributed by atoms with Gasteiger partial charge in [0.2, 0.25) is 0 Å². The van der Waals surface area contributed by atoms with E-state index in [0.29, 0.717) is 24.7 Å². The second-order valence-electron chi connectivity index (χ2n) is 7.56. The maximum atomic E-state index is 12.0. The zero-order valence-electron chi connectivity index (χ0n) is 18.8. The van der Waals surface area contributed by atoms with Crippen molar-refractivity contribution in [3.63, 3.8) is 0 Å². The number of para-hydroxylation sites is 1. The summed E-state index contributed by atoms with van der Waals surface area (Å²) < 4.78 is 22.8. The van der Waals surface area contributed by atoms with Crippen LogP contribution in [-0.4, -0.2) is 19.7 Å². The van der Waals surface area contributed by atoms with E-state index in [4.69, 9.17) is 24.4 Å². The van der Waals surface area contributed by atoms with E-state index in [0.717, 1.165) is 38.8 Å². The summed E-state index contributed by atoms with van der Waals surface area (Å²) in [6.45, 7) is 2.85. The van der Waals surface area contributed by atoms with Crippen LogP contribution in [0.2, 0.25) is 0 Å². The number of hydrogen-bond donors (Lipinski definition) is 1. The summed E-state index contributed by atoms with van der Waals surface area (Å²) in [4.78, 5) is 12.0. The molecule has 0 radical (unpaired) electrons. The van der Waals surface area contributed by atoms with Crippen LogP contribution in [0.15, 0.2) is 71.3 Å². The number of benzene rings is 3. The predicted molar refractivity (Wildman–Crippen MR) is 127 cm³/mol. The number of carbonyl (C=O) groups is 1. The SMILES string of the molecule is CCOC(=O)Cc1ccccc1OCc1cc(-c2cccc(CN)c2)c2occc2c1OC. The second kappa shape index (κ2) is 10.2. The average molecular weight is 446 g/mol. The lowest BCUT2D eigenvalue weighted by Crippen LogP contribution is -2.09. The Morgan fingerprint density at radius 1 is 1.03 bits per heavy atom. The number of ether oxygens (including phenoxy) is 3. The number of rotatable bonds is 9. The van der Waals surface area contributed by atoms with Gasteiger partial charge in [0.25, 0.3) is 0 Å². The fourth-order valence-electron chi connectivity index (χ4n) is 3.92. The third kappa shape index (κ3) is 4.86. The molecule has 4 aromatic rings. The molecule has 170 valence electrons. The van der Waals surface area contributed by atoms with Crippen molar-refractivity contribution in [2.24, 2.45) is 5.73 Å². The molecule has 0 saturated carbocycles. The van der Waals surface area contributed by atoms with Crippen LogP contribution in [0, 0.1) is 0 Å². The molecule has 6 heteroatoms. The van der Waals surface area contributed by atoms with E-state index in [2.05, 4.69) is 6.07 Å². The van der Waals surface area contributed by atoms with Crippen LogP contribution < -0.4 is 15.2 Å². The number of hydrogen-bond acceptors (Lipinski definition) is 6. The van der Waals surface area contributed by atoms with E-state index < -0.39 is 0 Å². The highest BCUT2D eigenvalue weighted by atomic mass is 16.5. The molecular weight excluding hydrogens is 418 g/mol. The highest BCUT2D eigenvalue weighted by molar-refractivity contribution is 5.97. The topological polar surface area (TPSA) is 83.9 Å². The first-order chi connectivity index (χ1) is 16.1. The number of carbonyl (C=O) groups excluding carboxylic acids is 1. The summed E-state index contributed by atoms with van der Waals surface area (Å²) in [7, 11) is 1.63. The van der Waals surface area contributed by atoms with Gasteiger partial charge in [-0.15, -0.1) is 0 Å². The Bertz CT molecular complexity index is 1260. The molecule has 0 aliphatic heterocycles. The minimum absolute atomic E-state index is 0.152. The average Bonchev–Trinajstić information content (AvgIpc) is 3.32. The van der Waals surface area contributed by atoms with Gasteiger partial charge in [-0.1, -0.05) is 36.4 Å². The molecule has 33 heavy (non-hydrogen) atoms. The van der Waals surface area contributed by atoms with Crippen LogP contribution in [0.1, 0.15) is 23.6 Å². The third-order valence-electron chi connectivity index (χ3n) is 5.44. The highest BCUT2D eigenvalue weighted by Gasteiger charge is 2.18. The van der Waals surface area contributed by atoms with E-state index in [9.17, 15) is 4.79 Å². The number of nitrogens with two attached hydrogens (primary N) is 1. The smallest absolute Gasteiger partial charge is 0.310 e. The van der Waals surface area contributed by atoms with E-state index in [1.807, 2.05) is 54.6 Å². The largest absolute Gasteiger partial charge is 0.496 e. The van der Waals surface area contributed by atoms with Crippen molar-refractivity contribution in [3.05, 3.63) is 83.6 Å². The molecule has 1 aromatic heterocycles. The zero-order valence-corrected chi connectivity index (χ0v) is 18.8. The molecule has 0 amide bonds. The molecule has 3 aromatic carbocycles. The third-order valence-corrected chi connectivity index (χ3v) is 5.44. The minimum atomic E-state index is -0.284. The maximum Gasteiger partial charge on any atom is 0.310 e. The molecule has 0 fully saturated rings. The quantitative estimate of drug-likeness (QED) is 0.354. The molecule has 0 saturated heterocycles. The summed E-state index contributed by atoms with van der Waals surface area (Å²) in [5.74, 6) is 1.04. The van der Waals surface area contributed by atoms with E-state index in [1.54, 1.807) is 20.3 Å². The molecule has 0 aliphatic carbocycles. The van der Waals surface area contributed by atoms with Crippen molar-refractivity contribution >= 4 is 16.9 Å². The lowest BCUT2D eigenvalue weighted by atomic mass is 9.98. The van der Waals surface area contributed by atoms with Gasteiger partial charge >= 0.3 is 5.97 Å². The first-order valence-electron chi connectivity index (χ1n) is 10.9. The summed E-state index contributed by atoms with van der Waals surface area (Å²) in [6.07, 6.45) is 1.81. The van der Waals surface area contributed by atoms with Gasteiger partial charge in [0.15, 0.2) is 0 Å². The number of methoxy groups -OCH3 is 1. The molecule has 0 atom stereocenters. The lowest BCUT2D eigenvalue weighted by Gasteiger charge is -2.16. The summed E-state index contributed by atoms with van der Waals surface area (Å²) in [5.41, 5.74) is 11.2. The van der Waals surface area contributed by atoms with Gasteiger partial charge in [0, 0.05) is 23.2 Å². The Labute approximate surface area is 192 Å². The fourth-order valence-corrected chi connectivity index (χ4v) is 3.92. The van der Waals surface area contributed by atoms with E-state index in [-0.39, 0.29) is 19.0 Å². The number of fused-ring (bicyclic) bond motifs is 1. The number of furan rings is 1. The van der Waals surface area contributed by atoms with Crippen LogP contribution in [0.3, 0.4) is 0 Å². The Hall–Kier alpha value is -3.77. The van der Waals surface area contributed by atoms with Gasteiger partial charge in [0.05, 0.1) is 31.8 Å². The van der Waals surface area contributed by atoms with Crippen molar-refractivity contribution in [2.75, 3.05) is 13.7 Å². The van der Waals surface area contributed by atoms with E-state index >= 15 is 0 Å². The summed E-state index contributed by atoms with van der Waals surface area (Å²) in [6, 6.07) is 19.5. The molecule has 4 rings (SSSR count). The lowest BCUT2D eigenvalue weighted by molar-refractivity contribution is -0.142. The van der Waals surface area contributed by atoms with Crippen molar-refractivity contribution in [3.8, 4) is 22.6 Å². The van der Waals surface area contributed by atoms with Crippen molar-refractivity contribution in [1.82, 2.24) is 0 Å². The van der Waals surface area contributed by atoms with Gasteiger partial charge < -0.3 is 24.4 Å². The molecule has 1 heterocycles. The van der Waals surface area contributed by atoms with E-state index in [1.165, 1.54) is 0 Å². The minimum Gasteiger partial charge on any atom is -0.496 e. The van der Waals surface area contributed by atoms with Crippen LogP contribution in [0.25, 0.3) is 22.1 Å². The Kier molecular flexibility index (Phi) is 6.95. The van der Waals surface area contributed by atoms with Gasteiger partial charge in [0.1, 0.15) is 23.7 Å². The summed E-state index contributed by atoms with van der Waals surface area (Å²) >= 11 is 0. The monoisotopic (exact) mass is 445 g/mol. The standard InChI is InChI=1S/C27H27NO5/c1-3-31-25(29)15-20-8-4-5-10-24(20)33-17-21-14-23(19-9-6-7-18(13-19)16-28)27-22(11-12-32-27)26(21)30-2/h4-14H,3,15-17,28H2,1-2H3. The molecule has 0 aliphatic rings. The first-order valence-corrected chi connectivity index (χ1v) is 10.9. The molecule has 0 spiro atoms. The molecule has 0 bridgehead atoms. The molecule has 6 nitrogen and oxygen atoms in total. The Balaban J connectivity index is 1.70. The first kappa shape index (κ1) is 22.4. The summed E-state index contributed by atoms with van der Waals surface area (Å²) in [5, 5.41) is 0.867. The van der Waals surface area contributed by atoms with Gasteiger partial charge in [-0.3, -0.25) is 4.79 Å². The molecule has 0 unspecified atom stereocenters. The van der Waals surface area contributed by atoms with Crippen LogP contribution in [0.5, 0.6) is 11.5 Å². The van der Waals surface area contributed by atoms with Crippen LogP contribution in [-0.2, 0) is 29.1 Å². The zero-order chi connectivity index (χ0) is 23.2. The van der Waals surface area contributed by atoms with Crippen LogP contribution >= 0.6 is 0 Å². The van der Waals surface area contributed by atoms with Crippen molar-refractivity contribution in [1.29, 1.82) is 0 Å². The predicted octanol–water partition coefficient (Wildman–Crippen LogP) is 5.25. The van der Waals surface area contributed by atoms with Gasteiger partial charge in [-0.2, -0.15) is 0 Å². The molecule has 2 N–H and O–H groups in total. The van der Waals surface area contributed by atoms with Gasteiger partial charge in [-0.05, 0) is 42.3 Å². The second-order valence-corrected chi connectivity index (χ2v) is 7.56. The highest BCUT2D eigenvalue weighted by Crippen LogP contribution is 2.39. The van der Waals surface area contributed by atoms with Crippen LogP contribution in [0.4, 0.5) is 0 Å².